The summed E-state index contributed by atoms with van der Waals surface area (Å²) in [6.07, 6.45) is 2.21. The van der Waals surface area contributed by atoms with E-state index >= 15 is 0 Å². The Balaban J connectivity index is 1.91. The molecule has 7 nitrogen and oxygen atoms in total. The van der Waals surface area contributed by atoms with Crippen molar-refractivity contribution >= 4 is 21.6 Å². The molecule has 164 valence electrons. The van der Waals surface area contributed by atoms with Crippen LogP contribution in [0.5, 0.6) is 11.5 Å². The average molecular weight is 439 g/mol. The Morgan fingerprint density at radius 2 is 1.80 bits per heavy atom. The zero-order valence-corrected chi connectivity index (χ0v) is 18.2. The minimum absolute atomic E-state index is 0.132. The lowest BCUT2D eigenvalue weighted by molar-refractivity contribution is -0.121. The maximum atomic E-state index is 12.9. The lowest BCUT2D eigenvalue weighted by Gasteiger charge is -2.24. The van der Waals surface area contributed by atoms with Crippen LogP contribution in [0.1, 0.15) is 18.4 Å². The summed E-state index contributed by atoms with van der Waals surface area (Å²) in [5.41, 5.74) is 1.31. The van der Waals surface area contributed by atoms with Crippen LogP contribution in [-0.4, -0.2) is 47.9 Å². The molecule has 0 aliphatic heterocycles. The van der Waals surface area contributed by atoms with Gasteiger partial charge in [0.1, 0.15) is 17.3 Å². The number of nitrogens with one attached hydrogen (secondary N) is 1. The molecule has 0 unspecified atom stereocenters. The molecule has 0 aromatic heterocycles. The van der Waals surface area contributed by atoms with E-state index in [9.17, 15) is 17.6 Å². The molecule has 0 heterocycles. The Morgan fingerprint density at radius 1 is 1.10 bits per heavy atom. The van der Waals surface area contributed by atoms with Crippen LogP contribution in [0.4, 0.5) is 10.1 Å². The first-order valence-corrected chi connectivity index (χ1v) is 11.3. The van der Waals surface area contributed by atoms with Gasteiger partial charge in [-0.1, -0.05) is 12.1 Å². The number of carbonyl (C=O) groups is 1. The number of ether oxygens (including phenoxy) is 2. The lowest BCUT2D eigenvalue weighted by atomic mass is 10.1. The average Bonchev–Trinajstić information content (AvgIpc) is 2.71. The van der Waals surface area contributed by atoms with E-state index in [0.717, 1.165) is 11.8 Å². The van der Waals surface area contributed by atoms with Crippen LogP contribution in [0, 0.1) is 5.82 Å². The summed E-state index contributed by atoms with van der Waals surface area (Å²) in [5, 5.41) is 2.79. The van der Waals surface area contributed by atoms with Crippen molar-refractivity contribution < 1.29 is 27.1 Å². The van der Waals surface area contributed by atoms with Crippen LogP contribution in [0.3, 0.4) is 0 Å². The number of sulfonamides is 1. The van der Waals surface area contributed by atoms with E-state index in [-0.39, 0.29) is 24.7 Å². The standard InChI is InChI=1S/C21H27FN2O5S/c1-28-18-10-11-19(20(15-18)29-2)24(30(3,26)27)14-4-5-21(25)23-13-12-16-6-8-17(22)9-7-16/h6-11,15H,4-5,12-14H2,1-3H3,(H,23,25). The van der Waals surface area contributed by atoms with E-state index in [1.807, 2.05) is 0 Å². The van der Waals surface area contributed by atoms with Crippen molar-refractivity contribution in [2.75, 3.05) is 37.9 Å². The second-order valence-corrected chi connectivity index (χ2v) is 8.61. The molecule has 0 radical (unpaired) electrons. The maximum absolute atomic E-state index is 12.9. The first-order chi connectivity index (χ1) is 14.2. The lowest BCUT2D eigenvalue weighted by Crippen LogP contribution is -2.32. The van der Waals surface area contributed by atoms with Crippen LogP contribution < -0.4 is 19.1 Å². The van der Waals surface area contributed by atoms with Crippen LogP contribution >= 0.6 is 0 Å². The van der Waals surface area contributed by atoms with E-state index in [4.69, 9.17) is 9.47 Å². The maximum Gasteiger partial charge on any atom is 0.232 e. The molecule has 1 N–H and O–H groups in total. The molecule has 0 spiro atoms. The van der Waals surface area contributed by atoms with Crippen molar-refractivity contribution in [3.05, 3.63) is 53.8 Å². The predicted molar refractivity (Wildman–Crippen MR) is 114 cm³/mol. The fourth-order valence-electron chi connectivity index (χ4n) is 2.92. The van der Waals surface area contributed by atoms with Gasteiger partial charge in [-0.2, -0.15) is 0 Å². The summed E-state index contributed by atoms with van der Waals surface area (Å²) < 4.78 is 49.2. The third-order valence-corrected chi connectivity index (χ3v) is 5.65. The number of anilines is 1. The summed E-state index contributed by atoms with van der Waals surface area (Å²) in [6, 6.07) is 11.0. The minimum atomic E-state index is -3.57. The van der Waals surface area contributed by atoms with Gasteiger partial charge in [0.2, 0.25) is 15.9 Å². The first-order valence-electron chi connectivity index (χ1n) is 9.45. The van der Waals surface area contributed by atoms with Crippen molar-refractivity contribution in [1.29, 1.82) is 0 Å². The number of nitrogens with zero attached hydrogens (tertiary/aromatic N) is 1. The Labute approximate surface area is 176 Å². The SMILES string of the molecule is COc1ccc(N(CCCC(=O)NCCc2ccc(F)cc2)S(C)(=O)=O)c(OC)c1. The topological polar surface area (TPSA) is 84.9 Å². The Kier molecular flexibility index (Phi) is 8.46. The number of methoxy groups -OCH3 is 2. The smallest absolute Gasteiger partial charge is 0.232 e. The largest absolute Gasteiger partial charge is 0.497 e. The number of amides is 1. The summed E-state index contributed by atoms with van der Waals surface area (Å²) in [5.74, 6) is 0.437. The van der Waals surface area contributed by atoms with Gasteiger partial charge in [-0.25, -0.2) is 12.8 Å². The fraction of sp³-hybridized carbons (Fsp3) is 0.381. The zero-order valence-electron chi connectivity index (χ0n) is 17.4. The number of rotatable bonds is 11. The fourth-order valence-corrected chi connectivity index (χ4v) is 3.89. The van der Waals surface area contributed by atoms with E-state index in [1.54, 1.807) is 30.3 Å². The number of hydrogen-bond donors (Lipinski definition) is 1. The normalized spacial score (nSPS) is 11.1. The summed E-state index contributed by atoms with van der Waals surface area (Å²) in [6.45, 7) is 0.555. The number of benzene rings is 2. The molecule has 0 fully saturated rings. The molecule has 2 aromatic rings. The van der Waals surface area contributed by atoms with Crippen molar-refractivity contribution in [1.82, 2.24) is 5.32 Å². The third-order valence-electron chi connectivity index (χ3n) is 4.47. The van der Waals surface area contributed by atoms with Gasteiger partial charge in [-0.3, -0.25) is 9.10 Å². The first kappa shape index (κ1) is 23.5. The van der Waals surface area contributed by atoms with Crippen molar-refractivity contribution in [2.24, 2.45) is 0 Å². The molecular weight excluding hydrogens is 411 g/mol. The predicted octanol–water partition coefficient (Wildman–Crippen LogP) is 2.75. The van der Waals surface area contributed by atoms with Gasteiger partial charge in [0.25, 0.3) is 0 Å². The van der Waals surface area contributed by atoms with E-state index in [2.05, 4.69) is 5.32 Å². The highest BCUT2D eigenvalue weighted by atomic mass is 32.2. The molecule has 0 bridgehead atoms. The minimum Gasteiger partial charge on any atom is -0.497 e. The van der Waals surface area contributed by atoms with Gasteiger partial charge in [0.15, 0.2) is 0 Å². The zero-order chi connectivity index (χ0) is 22.1. The van der Waals surface area contributed by atoms with Crippen molar-refractivity contribution in [2.45, 2.75) is 19.3 Å². The highest BCUT2D eigenvalue weighted by Gasteiger charge is 2.21. The molecule has 0 aliphatic rings. The van der Waals surface area contributed by atoms with Gasteiger partial charge in [0, 0.05) is 25.6 Å². The quantitative estimate of drug-likeness (QED) is 0.583. The van der Waals surface area contributed by atoms with Crippen LogP contribution in [-0.2, 0) is 21.2 Å². The molecule has 0 atom stereocenters. The van der Waals surface area contributed by atoms with Crippen LogP contribution in [0.15, 0.2) is 42.5 Å². The van der Waals surface area contributed by atoms with E-state index < -0.39 is 10.0 Å². The second kappa shape index (κ2) is 10.8. The highest BCUT2D eigenvalue weighted by Crippen LogP contribution is 2.33. The van der Waals surface area contributed by atoms with Gasteiger partial charge in [-0.15, -0.1) is 0 Å². The molecule has 0 aliphatic carbocycles. The van der Waals surface area contributed by atoms with E-state index in [0.29, 0.717) is 36.6 Å². The van der Waals surface area contributed by atoms with Gasteiger partial charge >= 0.3 is 0 Å². The summed E-state index contributed by atoms with van der Waals surface area (Å²) >= 11 is 0. The Hall–Kier alpha value is -2.81. The molecule has 0 saturated carbocycles. The number of hydrogen-bond acceptors (Lipinski definition) is 5. The molecule has 0 saturated heterocycles. The van der Waals surface area contributed by atoms with Crippen molar-refractivity contribution in [3.8, 4) is 11.5 Å². The molecular formula is C21H27FN2O5S. The van der Waals surface area contributed by atoms with Gasteiger partial charge in [-0.05, 0) is 42.7 Å². The third kappa shape index (κ3) is 6.91. The molecule has 30 heavy (non-hydrogen) atoms. The number of halogens is 1. The van der Waals surface area contributed by atoms with E-state index in [1.165, 1.54) is 30.7 Å². The van der Waals surface area contributed by atoms with Crippen LogP contribution in [0.25, 0.3) is 0 Å². The van der Waals surface area contributed by atoms with Crippen molar-refractivity contribution in [3.63, 3.8) is 0 Å². The molecule has 2 aromatic carbocycles. The summed E-state index contributed by atoms with van der Waals surface area (Å²) in [4.78, 5) is 12.1. The second-order valence-electron chi connectivity index (χ2n) is 6.70. The highest BCUT2D eigenvalue weighted by molar-refractivity contribution is 7.92. The molecule has 2 rings (SSSR count). The Morgan fingerprint density at radius 3 is 2.40 bits per heavy atom. The Bertz CT molecular complexity index is 948. The summed E-state index contributed by atoms with van der Waals surface area (Å²) in [7, 11) is -0.611. The monoisotopic (exact) mass is 438 g/mol. The molecule has 9 heteroatoms. The number of carbonyl (C=O) groups excluding carboxylic acids is 1. The van der Waals surface area contributed by atoms with Crippen LogP contribution in [0.2, 0.25) is 0 Å². The van der Waals surface area contributed by atoms with Gasteiger partial charge in [0.05, 0.1) is 26.2 Å². The van der Waals surface area contributed by atoms with Gasteiger partial charge < -0.3 is 14.8 Å². The molecule has 1 amide bonds.